The third-order valence-electron chi connectivity index (χ3n) is 5.07. The van der Waals surface area contributed by atoms with Crippen molar-refractivity contribution in [2.75, 3.05) is 13.1 Å². The minimum Gasteiger partial charge on any atom is -0.296 e. The fourth-order valence-electron chi connectivity index (χ4n) is 3.53. The molecule has 0 N–H and O–H groups in total. The number of nitrogens with zero attached hydrogens (tertiary/aromatic N) is 6. The van der Waals surface area contributed by atoms with E-state index in [1.165, 1.54) is 0 Å². The molecule has 0 bridgehead atoms. The molecule has 0 radical (unpaired) electrons. The standard InChI is InChI=1S/C21H23ClN6/c1-4-27(5-2)13-19-25-26-21-14(3)24-20(17-8-6-7-11-23-17)16-12-15(22)9-10-18(16)28(19)21/h6-12,14H,4-5,13H2,1-3H3. The molecule has 0 spiro atoms. The van der Waals surface area contributed by atoms with Crippen molar-refractivity contribution in [2.45, 2.75) is 33.4 Å². The summed E-state index contributed by atoms with van der Waals surface area (Å²) in [5.74, 6) is 1.74. The first-order valence-electron chi connectivity index (χ1n) is 9.58. The summed E-state index contributed by atoms with van der Waals surface area (Å²) in [6, 6.07) is 11.6. The van der Waals surface area contributed by atoms with Crippen molar-refractivity contribution in [1.29, 1.82) is 0 Å². The van der Waals surface area contributed by atoms with Gasteiger partial charge in [-0.2, -0.15) is 0 Å². The summed E-state index contributed by atoms with van der Waals surface area (Å²) < 4.78 is 2.13. The first kappa shape index (κ1) is 18.8. The number of hydrogen-bond donors (Lipinski definition) is 0. The zero-order valence-electron chi connectivity index (χ0n) is 16.3. The highest BCUT2D eigenvalue weighted by Gasteiger charge is 2.27. The van der Waals surface area contributed by atoms with Crippen LogP contribution in [0.1, 0.15) is 49.7 Å². The molecule has 0 fully saturated rings. The molecular formula is C21H23ClN6. The molecule has 0 saturated heterocycles. The fourth-order valence-corrected chi connectivity index (χ4v) is 3.71. The number of hydrogen-bond acceptors (Lipinski definition) is 5. The van der Waals surface area contributed by atoms with Gasteiger partial charge in [0.1, 0.15) is 6.04 Å². The minimum absolute atomic E-state index is 0.152. The largest absolute Gasteiger partial charge is 0.296 e. The van der Waals surface area contributed by atoms with E-state index in [2.05, 4.69) is 38.5 Å². The molecule has 6 nitrogen and oxygen atoms in total. The number of benzene rings is 1. The average Bonchev–Trinajstić information content (AvgIpc) is 3.09. The molecule has 28 heavy (non-hydrogen) atoms. The molecule has 144 valence electrons. The SMILES string of the molecule is CCN(CC)Cc1nnc2n1-c1ccc(Cl)cc1C(c1ccccn1)=NC2C. The maximum Gasteiger partial charge on any atom is 0.162 e. The molecule has 1 aromatic carbocycles. The molecule has 1 atom stereocenters. The topological polar surface area (TPSA) is 59.2 Å². The lowest BCUT2D eigenvalue weighted by atomic mass is 10.0. The third kappa shape index (κ3) is 3.34. The van der Waals surface area contributed by atoms with Gasteiger partial charge in [-0.05, 0) is 50.3 Å². The zero-order valence-corrected chi connectivity index (χ0v) is 17.1. The molecule has 1 unspecified atom stereocenters. The van der Waals surface area contributed by atoms with Crippen LogP contribution in [0.5, 0.6) is 0 Å². The lowest BCUT2D eigenvalue weighted by Gasteiger charge is -2.19. The smallest absolute Gasteiger partial charge is 0.162 e. The summed E-state index contributed by atoms with van der Waals surface area (Å²) in [5, 5.41) is 9.66. The Morgan fingerprint density at radius 3 is 2.64 bits per heavy atom. The molecule has 1 aliphatic rings. The number of aromatic nitrogens is 4. The van der Waals surface area contributed by atoms with Crippen molar-refractivity contribution in [3.8, 4) is 5.69 Å². The van der Waals surface area contributed by atoms with Crippen molar-refractivity contribution in [3.05, 3.63) is 70.5 Å². The molecule has 4 rings (SSSR count). The van der Waals surface area contributed by atoms with Crippen LogP contribution in [0.4, 0.5) is 0 Å². The maximum absolute atomic E-state index is 6.36. The van der Waals surface area contributed by atoms with Gasteiger partial charge >= 0.3 is 0 Å². The van der Waals surface area contributed by atoms with Gasteiger partial charge in [0, 0.05) is 16.8 Å². The van der Waals surface area contributed by atoms with Crippen LogP contribution in [0, 0.1) is 0 Å². The van der Waals surface area contributed by atoms with Crippen molar-refractivity contribution >= 4 is 17.3 Å². The van der Waals surface area contributed by atoms with Crippen LogP contribution in [0.15, 0.2) is 47.6 Å². The van der Waals surface area contributed by atoms with E-state index >= 15 is 0 Å². The molecule has 7 heteroatoms. The van der Waals surface area contributed by atoms with Crippen molar-refractivity contribution in [3.63, 3.8) is 0 Å². The molecule has 0 aliphatic carbocycles. The van der Waals surface area contributed by atoms with Crippen LogP contribution in [0.3, 0.4) is 0 Å². The minimum atomic E-state index is -0.152. The molecule has 0 amide bonds. The summed E-state index contributed by atoms with van der Waals surface area (Å²) in [4.78, 5) is 11.8. The lowest BCUT2D eigenvalue weighted by molar-refractivity contribution is 0.286. The highest BCUT2D eigenvalue weighted by Crippen LogP contribution is 2.32. The number of rotatable bonds is 5. The number of fused-ring (bicyclic) bond motifs is 3. The second kappa shape index (κ2) is 7.81. The van der Waals surface area contributed by atoms with Crippen LogP contribution in [0.2, 0.25) is 5.02 Å². The Bertz CT molecular complexity index is 1010. The van der Waals surface area contributed by atoms with E-state index in [0.717, 1.165) is 53.9 Å². The Kier molecular flexibility index (Phi) is 5.24. The first-order chi connectivity index (χ1) is 13.6. The van der Waals surface area contributed by atoms with Crippen molar-refractivity contribution in [2.24, 2.45) is 4.99 Å². The van der Waals surface area contributed by atoms with Gasteiger partial charge < -0.3 is 0 Å². The van der Waals surface area contributed by atoms with Crippen LogP contribution in [-0.2, 0) is 6.54 Å². The Morgan fingerprint density at radius 2 is 1.93 bits per heavy atom. The van der Waals surface area contributed by atoms with Gasteiger partial charge in [0.05, 0.1) is 23.6 Å². The van der Waals surface area contributed by atoms with Gasteiger partial charge in [-0.1, -0.05) is 31.5 Å². The van der Waals surface area contributed by atoms with Crippen LogP contribution >= 0.6 is 11.6 Å². The predicted octanol–water partition coefficient (Wildman–Crippen LogP) is 4.07. The summed E-state index contributed by atoms with van der Waals surface area (Å²) in [6.07, 6.45) is 1.78. The second-order valence-electron chi connectivity index (χ2n) is 6.80. The molecular weight excluding hydrogens is 372 g/mol. The second-order valence-corrected chi connectivity index (χ2v) is 7.24. The molecule has 0 saturated carbocycles. The predicted molar refractivity (Wildman–Crippen MR) is 111 cm³/mol. The van der Waals surface area contributed by atoms with E-state index in [-0.39, 0.29) is 6.04 Å². The Hall–Kier alpha value is -2.57. The fraction of sp³-hybridized carbons (Fsp3) is 0.333. The highest BCUT2D eigenvalue weighted by molar-refractivity contribution is 6.31. The van der Waals surface area contributed by atoms with E-state index in [1.807, 2.05) is 43.3 Å². The van der Waals surface area contributed by atoms with Crippen molar-refractivity contribution < 1.29 is 0 Å². The molecule has 3 heterocycles. The van der Waals surface area contributed by atoms with Gasteiger partial charge in [0.2, 0.25) is 0 Å². The monoisotopic (exact) mass is 394 g/mol. The van der Waals surface area contributed by atoms with Gasteiger partial charge in [0.15, 0.2) is 11.6 Å². The zero-order chi connectivity index (χ0) is 19.7. The van der Waals surface area contributed by atoms with E-state index in [4.69, 9.17) is 16.6 Å². The summed E-state index contributed by atoms with van der Waals surface area (Å²) in [6.45, 7) is 8.99. The number of aliphatic imine (C=N–C) groups is 1. The first-order valence-corrected chi connectivity index (χ1v) is 9.96. The highest BCUT2D eigenvalue weighted by atomic mass is 35.5. The van der Waals surface area contributed by atoms with Crippen LogP contribution < -0.4 is 0 Å². The van der Waals surface area contributed by atoms with E-state index in [1.54, 1.807) is 6.20 Å². The normalized spacial score (nSPS) is 15.8. The third-order valence-corrected chi connectivity index (χ3v) is 5.31. The van der Waals surface area contributed by atoms with Crippen LogP contribution in [-0.4, -0.2) is 43.4 Å². The average molecular weight is 395 g/mol. The van der Waals surface area contributed by atoms with Gasteiger partial charge in [-0.25, -0.2) is 0 Å². The van der Waals surface area contributed by atoms with Crippen LogP contribution in [0.25, 0.3) is 5.69 Å². The summed E-state index contributed by atoms with van der Waals surface area (Å²) in [7, 11) is 0. The Balaban J connectivity index is 1.92. The summed E-state index contributed by atoms with van der Waals surface area (Å²) in [5.41, 5.74) is 3.57. The van der Waals surface area contributed by atoms with E-state index < -0.39 is 0 Å². The van der Waals surface area contributed by atoms with E-state index in [9.17, 15) is 0 Å². The maximum atomic E-state index is 6.36. The van der Waals surface area contributed by atoms with Gasteiger partial charge in [0.25, 0.3) is 0 Å². The summed E-state index contributed by atoms with van der Waals surface area (Å²) >= 11 is 6.36. The van der Waals surface area contributed by atoms with Gasteiger partial charge in [-0.3, -0.25) is 19.4 Å². The Labute approximate surface area is 169 Å². The van der Waals surface area contributed by atoms with Gasteiger partial charge in [-0.15, -0.1) is 10.2 Å². The lowest BCUT2D eigenvalue weighted by Crippen LogP contribution is -2.24. The number of halogens is 1. The quantitative estimate of drug-likeness (QED) is 0.654. The molecule has 3 aromatic rings. The Morgan fingerprint density at radius 1 is 1.11 bits per heavy atom. The molecule has 1 aliphatic heterocycles. The molecule has 2 aromatic heterocycles. The van der Waals surface area contributed by atoms with Crippen molar-refractivity contribution in [1.82, 2.24) is 24.6 Å². The number of pyridine rings is 1. The van der Waals surface area contributed by atoms with E-state index in [0.29, 0.717) is 5.02 Å².